The predicted molar refractivity (Wildman–Crippen MR) is 79.2 cm³/mol. The fourth-order valence-electron chi connectivity index (χ4n) is 1.92. The van der Waals surface area contributed by atoms with Crippen molar-refractivity contribution in [2.24, 2.45) is 5.10 Å². The van der Waals surface area contributed by atoms with Crippen LogP contribution >= 0.6 is 0 Å². The van der Waals surface area contributed by atoms with Crippen molar-refractivity contribution in [1.29, 1.82) is 0 Å². The molecule has 0 aliphatic carbocycles. The van der Waals surface area contributed by atoms with Gasteiger partial charge in [0.2, 0.25) is 5.78 Å². The third kappa shape index (κ3) is 2.92. The maximum absolute atomic E-state index is 12.7. The summed E-state index contributed by atoms with van der Waals surface area (Å²) in [5, 5.41) is 11.7. The second kappa shape index (κ2) is 5.92. The van der Waals surface area contributed by atoms with Crippen molar-refractivity contribution < 1.29 is 4.79 Å². The van der Waals surface area contributed by atoms with Crippen LogP contribution in [0, 0.1) is 0 Å². The highest BCUT2D eigenvalue weighted by molar-refractivity contribution is 6.51. The highest BCUT2D eigenvalue weighted by Gasteiger charge is 2.16. The molecule has 21 heavy (non-hydrogen) atoms. The monoisotopic (exact) mass is 276 g/mol. The van der Waals surface area contributed by atoms with Crippen LogP contribution in [0.4, 0.5) is 0 Å². The maximum Gasteiger partial charge on any atom is 0.213 e. The van der Waals surface area contributed by atoms with Crippen LogP contribution in [0.25, 0.3) is 0 Å². The Balaban J connectivity index is 2.07. The molecule has 2 aromatic carbocycles. The zero-order valence-corrected chi connectivity index (χ0v) is 11.1. The van der Waals surface area contributed by atoms with Gasteiger partial charge >= 0.3 is 0 Å². The van der Waals surface area contributed by atoms with Crippen LogP contribution < -0.4 is 0 Å². The molecule has 0 fully saturated rings. The van der Waals surface area contributed by atoms with E-state index in [1.165, 1.54) is 17.3 Å². The molecule has 0 amide bonds. The first-order valence-corrected chi connectivity index (χ1v) is 6.43. The molecule has 0 bridgehead atoms. The van der Waals surface area contributed by atoms with Crippen molar-refractivity contribution >= 4 is 11.5 Å². The number of carbonyl (C=O) groups is 1. The number of benzene rings is 2. The Hall–Kier alpha value is -3.08. The van der Waals surface area contributed by atoms with Gasteiger partial charge in [-0.2, -0.15) is 5.10 Å². The summed E-state index contributed by atoms with van der Waals surface area (Å²) in [4.78, 5) is 12.7. The summed E-state index contributed by atoms with van der Waals surface area (Å²) in [6.45, 7) is 0. The third-order valence-corrected chi connectivity index (χ3v) is 2.92. The third-order valence-electron chi connectivity index (χ3n) is 2.92. The van der Waals surface area contributed by atoms with Crippen molar-refractivity contribution in [3.8, 4) is 0 Å². The zero-order valence-electron chi connectivity index (χ0n) is 11.1. The highest BCUT2D eigenvalue weighted by atomic mass is 16.1. The van der Waals surface area contributed by atoms with Gasteiger partial charge in [0.25, 0.3) is 0 Å². The van der Waals surface area contributed by atoms with Crippen molar-refractivity contribution in [1.82, 2.24) is 14.9 Å². The minimum Gasteiger partial charge on any atom is -0.287 e. The van der Waals surface area contributed by atoms with E-state index in [0.29, 0.717) is 11.3 Å². The molecule has 0 aliphatic rings. The number of Topliss-reactive ketones (excluding diaryl/α,β-unsaturated/α-hetero) is 1. The molecule has 0 aliphatic heterocycles. The topological polar surface area (TPSA) is 60.1 Å². The summed E-state index contributed by atoms with van der Waals surface area (Å²) in [6.07, 6.45) is 2.89. The van der Waals surface area contributed by atoms with Crippen molar-refractivity contribution in [2.75, 3.05) is 0 Å². The largest absolute Gasteiger partial charge is 0.287 e. The molecular formula is C16H12N4O. The smallest absolute Gasteiger partial charge is 0.213 e. The van der Waals surface area contributed by atoms with Gasteiger partial charge in [-0.1, -0.05) is 60.7 Å². The number of rotatable bonds is 4. The molecule has 0 atom stereocenters. The SMILES string of the molecule is O=C(C(=Nn1cnnc1)c1ccccc1)c1ccccc1. The number of nitrogens with zero attached hydrogens (tertiary/aromatic N) is 4. The maximum atomic E-state index is 12.7. The van der Waals surface area contributed by atoms with E-state index in [1.54, 1.807) is 12.1 Å². The van der Waals surface area contributed by atoms with Crippen LogP contribution in [0.1, 0.15) is 15.9 Å². The van der Waals surface area contributed by atoms with Crippen molar-refractivity contribution in [3.63, 3.8) is 0 Å². The number of aromatic nitrogens is 3. The van der Waals surface area contributed by atoms with Crippen LogP contribution in [-0.4, -0.2) is 26.4 Å². The molecule has 1 heterocycles. The molecule has 0 N–H and O–H groups in total. The summed E-state index contributed by atoms with van der Waals surface area (Å²) >= 11 is 0. The molecule has 0 saturated carbocycles. The van der Waals surface area contributed by atoms with Gasteiger partial charge in [-0.3, -0.25) is 4.79 Å². The average Bonchev–Trinajstić information content (AvgIpc) is 3.07. The summed E-state index contributed by atoms with van der Waals surface area (Å²) in [7, 11) is 0. The Labute approximate surface area is 121 Å². The first-order chi connectivity index (χ1) is 10.3. The second-order valence-electron chi connectivity index (χ2n) is 4.35. The number of hydrogen-bond donors (Lipinski definition) is 0. The summed E-state index contributed by atoms with van der Waals surface area (Å²) < 4.78 is 1.42. The molecule has 3 rings (SSSR count). The normalized spacial score (nSPS) is 11.3. The first kappa shape index (κ1) is 12.9. The average molecular weight is 276 g/mol. The van der Waals surface area contributed by atoms with Crippen molar-refractivity contribution in [2.45, 2.75) is 0 Å². The number of carbonyl (C=O) groups excluding carboxylic acids is 1. The van der Waals surface area contributed by atoms with Gasteiger partial charge in [0.15, 0.2) is 0 Å². The molecule has 1 aromatic heterocycles. The van der Waals surface area contributed by atoms with Gasteiger partial charge in [0.05, 0.1) is 0 Å². The van der Waals surface area contributed by atoms with E-state index in [2.05, 4.69) is 15.3 Å². The Kier molecular flexibility index (Phi) is 3.64. The van der Waals surface area contributed by atoms with Gasteiger partial charge in [-0.25, -0.2) is 4.68 Å². The van der Waals surface area contributed by atoms with E-state index in [4.69, 9.17) is 0 Å². The molecular weight excluding hydrogens is 264 g/mol. The minimum atomic E-state index is -0.143. The lowest BCUT2D eigenvalue weighted by atomic mass is 10.0. The Morgan fingerprint density at radius 3 is 1.90 bits per heavy atom. The molecule has 5 nitrogen and oxygen atoms in total. The molecule has 102 valence electrons. The number of ketones is 1. The van der Waals surface area contributed by atoms with E-state index in [-0.39, 0.29) is 5.78 Å². The van der Waals surface area contributed by atoms with E-state index >= 15 is 0 Å². The van der Waals surface area contributed by atoms with Crippen LogP contribution in [-0.2, 0) is 0 Å². The lowest BCUT2D eigenvalue weighted by Crippen LogP contribution is -2.17. The quantitative estimate of drug-likeness (QED) is 0.543. The van der Waals surface area contributed by atoms with Gasteiger partial charge in [-0.05, 0) is 0 Å². The van der Waals surface area contributed by atoms with E-state index in [9.17, 15) is 4.79 Å². The lowest BCUT2D eigenvalue weighted by Gasteiger charge is -2.06. The molecule has 0 spiro atoms. The van der Waals surface area contributed by atoms with E-state index in [1.807, 2.05) is 48.5 Å². The van der Waals surface area contributed by atoms with Gasteiger partial charge in [0, 0.05) is 11.1 Å². The van der Waals surface area contributed by atoms with Crippen molar-refractivity contribution in [3.05, 3.63) is 84.4 Å². The molecule has 0 radical (unpaired) electrons. The second-order valence-corrected chi connectivity index (χ2v) is 4.35. The fourth-order valence-corrected chi connectivity index (χ4v) is 1.92. The minimum absolute atomic E-state index is 0.143. The van der Waals surface area contributed by atoms with Crippen LogP contribution in [0.2, 0.25) is 0 Å². The summed E-state index contributed by atoms with van der Waals surface area (Å²) in [6, 6.07) is 18.4. The zero-order chi connectivity index (χ0) is 14.5. The highest BCUT2D eigenvalue weighted by Crippen LogP contribution is 2.09. The Morgan fingerprint density at radius 2 is 1.33 bits per heavy atom. The Bertz CT molecular complexity index is 749. The van der Waals surface area contributed by atoms with Gasteiger partial charge < -0.3 is 0 Å². The molecule has 0 saturated heterocycles. The predicted octanol–water partition coefficient (Wildman–Crippen LogP) is 2.41. The van der Waals surface area contributed by atoms with Gasteiger partial charge in [0.1, 0.15) is 18.4 Å². The summed E-state index contributed by atoms with van der Waals surface area (Å²) in [5.41, 5.74) is 1.69. The number of hydrogen-bond acceptors (Lipinski definition) is 4. The van der Waals surface area contributed by atoms with Crippen LogP contribution in [0.15, 0.2) is 78.4 Å². The molecule has 0 unspecified atom stereocenters. The molecule has 3 aromatic rings. The van der Waals surface area contributed by atoms with Gasteiger partial charge in [-0.15, -0.1) is 10.2 Å². The summed E-state index contributed by atoms with van der Waals surface area (Å²) in [5.74, 6) is -0.143. The Morgan fingerprint density at radius 1 is 0.810 bits per heavy atom. The van der Waals surface area contributed by atoms with E-state index in [0.717, 1.165) is 5.56 Å². The van der Waals surface area contributed by atoms with Crippen LogP contribution in [0.3, 0.4) is 0 Å². The van der Waals surface area contributed by atoms with E-state index < -0.39 is 0 Å². The molecule has 5 heteroatoms. The fraction of sp³-hybridized carbons (Fsp3) is 0. The lowest BCUT2D eigenvalue weighted by molar-refractivity contribution is 0.106. The first-order valence-electron chi connectivity index (χ1n) is 6.43. The van der Waals surface area contributed by atoms with Crippen LogP contribution in [0.5, 0.6) is 0 Å². The standard InChI is InChI=1S/C16H12N4O/c21-16(14-9-5-2-6-10-14)15(13-7-3-1-4-8-13)19-20-11-17-18-12-20/h1-12H.